The van der Waals surface area contributed by atoms with Crippen LogP contribution in [0.1, 0.15) is 12.5 Å². The average molecular weight is 596 g/mol. The summed E-state index contributed by atoms with van der Waals surface area (Å²) in [6.07, 6.45) is 4.15. The molecule has 45 heavy (non-hydrogen) atoms. The zero-order valence-electron chi connectivity index (χ0n) is 24.7. The van der Waals surface area contributed by atoms with E-state index in [1.165, 1.54) is 58.8 Å². The van der Waals surface area contributed by atoms with Crippen LogP contribution in [0.3, 0.4) is 0 Å². The van der Waals surface area contributed by atoms with Crippen molar-refractivity contribution >= 4 is 76.1 Å². The first-order valence-electron chi connectivity index (χ1n) is 15.3. The molecule has 0 spiro atoms. The topological polar surface area (TPSA) is 35.9 Å². The van der Waals surface area contributed by atoms with Gasteiger partial charge in [-0.2, -0.15) is 0 Å². The Balaban J connectivity index is 1.17. The molecule has 0 aliphatic rings. The molecule has 0 fully saturated rings. The minimum Gasteiger partial charge on any atom is -0.384 e. The number of nitrogens with two attached hydrogens (primary N) is 1. The van der Waals surface area contributed by atoms with Gasteiger partial charge < -0.3 is 10.3 Å². The minimum absolute atomic E-state index is 0.765. The Morgan fingerprint density at radius 3 is 1.93 bits per heavy atom. The van der Waals surface area contributed by atoms with Crippen LogP contribution in [0, 0.1) is 0 Å². The van der Waals surface area contributed by atoms with Crippen molar-refractivity contribution in [3.63, 3.8) is 0 Å². The molecule has 0 saturated carbocycles. The van der Waals surface area contributed by atoms with E-state index in [4.69, 9.17) is 5.73 Å². The highest BCUT2D eigenvalue weighted by atomic mass is 32.1. The molecular weight excluding hydrogens is 567 g/mol. The van der Waals surface area contributed by atoms with Crippen LogP contribution in [-0.4, -0.2) is 9.13 Å². The number of anilines is 1. The number of rotatable bonds is 4. The highest BCUT2D eigenvalue weighted by Gasteiger charge is 2.17. The molecule has 0 unspecified atom stereocenters. The summed E-state index contributed by atoms with van der Waals surface area (Å²) in [4.78, 5) is 0. The van der Waals surface area contributed by atoms with E-state index in [0.717, 1.165) is 28.0 Å². The first kappa shape index (κ1) is 25.9. The molecule has 3 nitrogen and oxygen atoms in total. The molecule has 9 aromatic rings. The highest BCUT2D eigenvalue weighted by molar-refractivity contribution is 7.25. The van der Waals surface area contributed by atoms with Gasteiger partial charge in [-0.25, -0.2) is 0 Å². The summed E-state index contributed by atoms with van der Waals surface area (Å²) in [5.41, 5.74) is 16.1. The van der Waals surface area contributed by atoms with Crippen molar-refractivity contribution in [2.75, 3.05) is 5.73 Å². The Hall–Kier alpha value is -5.58. The zero-order chi connectivity index (χ0) is 30.1. The van der Waals surface area contributed by atoms with Gasteiger partial charge in [-0.15, -0.1) is 11.3 Å². The van der Waals surface area contributed by atoms with Gasteiger partial charge in [0.1, 0.15) is 5.82 Å². The number of hydrogen-bond donors (Lipinski definition) is 1. The Bertz CT molecular complexity index is 2610. The number of fused-ring (bicyclic) bond motifs is 7. The first-order chi connectivity index (χ1) is 22.2. The second kappa shape index (κ2) is 9.98. The standard InChI is InChI=1S/C41H29N3S/c1-2-10-34-30-13-6-9-16-37(30)44(41(34)42)29-19-21-33-32-20-17-27(24-39(32)45-40(33)25-29)26-18-22-38-35(23-26)31-14-7-8-15-36(31)43(38)28-11-4-3-5-12-28/h2-25H,42H2,1H3/b10-2-. The molecule has 0 amide bonds. The third-order valence-electron chi connectivity index (χ3n) is 9.02. The van der Waals surface area contributed by atoms with Gasteiger partial charge in [0, 0.05) is 53.3 Å². The van der Waals surface area contributed by atoms with Gasteiger partial charge in [0.25, 0.3) is 0 Å². The van der Waals surface area contributed by atoms with E-state index in [1.54, 1.807) is 0 Å². The van der Waals surface area contributed by atoms with Gasteiger partial charge >= 0.3 is 0 Å². The Kier molecular flexibility index (Phi) is 5.74. The summed E-state index contributed by atoms with van der Waals surface area (Å²) in [5, 5.41) is 6.25. The van der Waals surface area contributed by atoms with Crippen molar-refractivity contribution in [2.45, 2.75) is 6.92 Å². The van der Waals surface area contributed by atoms with Gasteiger partial charge in [-0.05, 0) is 72.6 Å². The number of aromatic nitrogens is 2. The van der Waals surface area contributed by atoms with Crippen LogP contribution in [-0.2, 0) is 0 Å². The van der Waals surface area contributed by atoms with Gasteiger partial charge in [-0.3, -0.25) is 4.57 Å². The fraction of sp³-hybridized carbons (Fsp3) is 0.0244. The summed E-state index contributed by atoms with van der Waals surface area (Å²) in [6, 6.07) is 48.3. The highest BCUT2D eigenvalue weighted by Crippen LogP contribution is 2.41. The molecule has 214 valence electrons. The molecule has 0 atom stereocenters. The molecule has 3 aromatic heterocycles. The maximum Gasteiger partial charge on any atom is 0.116 e. The number of thiophene rings is 1. The lowest BCUT2D eigenvalue weighted by molar-refractivity contribution is 1.14. The van der Waals surface area contributed by atoms with Crippen LogP contribution in [0.2, 0.25) is 0 Å². The third-order valence-corrected chi connectivity index (χ3v) is 10.1. The average Bonchev–Trinajstić information content (AvgIpc) is 3.71. The second-order valence-electron chi connectivity index (χ2n) is 11.6. The third kappa shape index (κ3) is 3.89. The molecule has 0 aliphatic carbocycles. The summed E-state index contributed by atoms with van der Waals surface area (Å²) in [6.45, 7) is 2.03. The Morgan fingerprint density at radius 1 is 0.511 bits per heavy atom. The van der Waals surface area contributed by atoms with Crippen molar-refractivity contribution in [3.8, 4) is 22.5 Å². The van der Waals surface area contributed by atoms with Crippen molar-refractivity contribution < 1.29 is 0 Å². The Morgan fingerprint density at radius 2 is 1.13 bits per heavy atom. The van der Waals surface area contributed by atoms with Crippen LogP contribution < -0.4 is 5.73 Å². The van der Waals surface area contributed by atoms with E-state index in [9.17, 15) is 0 Å². The molecule has 9 rings (SSSR count). The first-order valence-corrected chi connectivity index (χ1v) is 16.1. The van der Waals surface area contributed by atoms with Crippen molar-refractivity contribution in [3.05, 3.63) is 145 Å². The lowest BCUT2D eigenvalue weighted by atomic mass is 10.0. The number of nitrogen functional groups attached to an aromatic ring is 1. The second-order valence-corrected chi connectivity index (χ2v) is 12.6. The maximum absolute atomic E-state index is 6.76. The van der Waals surface area contributed by atoms with Crippen LogP contribution in [0.4, 0.5) is 5.82 Å². The molecule has 2 N–H and O–H groups in total. The van der Waals surface area contributed by atoms with Gasteiger partial charge in [0.2, 0.25) is 0 Å². The van der Waals surface area contributed by atoms with Crippen LogP contribution in [0.15, 0.2) is 140 Å². The zero-order valence-corrected chi connectivity index (χ0v) is 25.6. The fourth-order valence-corrected chi connectivity index (χ4v) is 8.18. The monoisotopic (exact) mass is 595 g/mol. The van der Waals surface area contributed by atoms with E-state index in [2.05, 4.69) is 149 Å². The molecule has 6 aromatic carbocycles. The van der Waals surface area contributed by atoms with Gasteiger partial charge in [0.05, 0.1) is 16.6 Å². The number of allylic oxidation sites excluding steroid dienone is 1. The number of nitrogens with zero attached hydrogens (tertiary/aromatic N) is 2. The van der Waals surface area contributed by atoms with Crippen LogP contribution >= 0.6 is 11.3 Å². The van der Waals surface area contributed by atoms with Crippen molar-refractivity contribution in [1.82, 2.24) is 9.13 Å². The Labute approximate surface area is 264 Å². The summed E-state index contributed by atoms with van der Waals surface area (Å²) < 4.78 is 7.09. The predicted molar refractivity (Wildman–Crippen MR) is 195 cm³/mol. The van der Waals surface area contributed by atoms with Crippen molar-refractivity contribution in [1.29, 1.82) is 0 Å². The molecule has 0 aliphatic heterocycles. The quantitative estimate of drug-likeness (QED) is 0.216. The SMILES string of the molecule is C/C=C\c1c(N)n(-c2ccc3c(c2)sc2cc(-c4ccc5c(c4)c4ccccc4n5-c4ccccc4)ccc23)c2ccccc12. The predicted octanol–water partition coefficient (Wildman–Crippen LogP) is 11.4. The molecule has 0 bridgehead atoms. The van der Waals surface area contributed by atoms with Gasteiger partial charge in [-0.1, -0.05) is 91.0 Å². The normalized spacial score (nSPS) is 12.1. The van der Waals surface area contributed by atoms with Gasteiger partial charge in [0.15, 0.2) is 0 Å². The molecule has 0 saturated heterocycles. The number of benzene rings is 6. The minimum atomic E-state index is 0.765. The molecule has 3 heterocycles. The number of hydrogen-bond acceptors (Lipinski definition) is 2. The van der Waals surface area contributed by atoms with E-state index in [1.807, 2.05) is 24.3 Å². The largest absolute Gasteiger partial charge is 0.384 e. The molecule has 0 radical (unpaired) electrons. The van der Waals surface area contributed by atoms with Crippen LogP contribution in [0.5, 0.6) is 0 Å². The van der Waals surface area contributed by atoms with E-state index >= 15 is 0 Å². The van der Waals surface area contributed by atoms with E-state index in [-0.39, 0.29) is 0 Å². The fourth-order valence-electron chi connectivity index (χ4n) is 7.00. The smallest absolute Gasteiger partial charge is 0.116 e. The summed E-state index contributed by atoms with van der Waals surface area (Å²) in [5.74, 6) is 0.765. The molecular formula is C41H29N3S. The van der Waals surface area contributed by atoms with Crippen LogP contribution in [0.25, 0.3) is 81.5 Å². The lowest BCUT2D eigenvalue weighted by Crippen LogP contribution is -2.00. The maximum atomic E-state index is 6.76. The number of para-hydroxylation sites is 3. The van der Waals surface area contributed by atoms with E-state index < -0.39 is 0 Å². The summed E-state index contributed by atoms with van der Waals surface area (Å²) in [7, 11) is 0. The molecule has 4 heteroatoms. The summed E-state index contributed by atoms with van der Waals surface area (Å²) >= 11 is 1.84. The lowest BCUT2D eigenvalue weighted by Gasteiger charge is -2.09. The van der Waals surface area contributed by atoms with Crippen molar-refractivity contribution in [2.24, 2.45) is 0 Å². The van der Waals surface area contributed by atoms with E-state index in [0.29, 0.717) is 0 Å².